The first-order chi connectivity index (χ1) is 10.8. The number of anilines is 2. The number of sulfonamides is 1. The molecule has 1 N–H and O–H groups in total. The van der Waals surface area contributed by atoms with E-state index in [4.69, 9.17) is 4.74 Å². The van der Waals surface area contributed by atoms with Crippen molar-refractivity contribution in [3.05, 3.63) is 24.3 Å². The summed E-state index contributed by atoms with van der Waals surface area (Å²) in [5, 5.41) is 2.80. The van der Waals surface area contributed by atoms with Crippen LogP contribution in [0.25, 0.3) is 0 Å². The highest BCUT2D eigenvalue weighted by Gasteiger charge is 2.28. The number of benzene rings is 1. The molecule has 0 aliphatic carbocycles. The van der Waals surface area contributed by atoms with Crippen LogP contribution >= 0.6 is 0 Å². The summed E-state index contributed by atoms with van der Waals surface area (Å²) in [7, 11) is -3.38. The number of amides is 1. The number of carbonyl (C=O) groups is 1. The Morgan fingerprint density at radius 1 is 1.22 bits per heavy atom. The molecule has 0 radical (unpaired) electrons. The molecule has 0 saturated carbocycles. The van der Waals surface area contributed by atoms with Gasteiger partial charge in [-0.1, -0.05) is 13.8 Å². The normalized spacial score (nSPS) is 16.3. The molecule has 1 amide bonds. The summed E-state index contributed by atoms with van der Waals surface area (Å²) in [6.45, 7) is 4.78. The van der Waals surface area contributed by atoms with Crippen molar-refractivity contribution in [2.45, 2.75) is 32.7 Å². The second kappa shape index (κ2) is 7.31. The Bertz CT molecular complexity index is 635. The summed E-state index contributed by atoms with van der Waals surface area (Å²) in [5.41, 5.74) is 1.27. The van der Waals surface area contributed by atoms with E-state index in [1.165, 1.54) is 10.6 Å². The third-order valence-electron chi connectivity index (χ3n) is 3.79. The quantitative estimate of drug-likeness (QED) is 0.892. The number of ether oxygens (including phenoxy) is 1. The summed E-state index contributed by atoms with van der Waals surface area (Å²) in [6, 6.07) is 6.83. The summed E-state index contributed by atoms with van der Waals surface area (Å²) in [4.78, 5) is 11.7. The van der Waals surface area contributed by atoms with Gasteiger partial charge in [0, 0.05) is 30.9 Å². The molecule has 1 heterocycles. The molecule has 1 fully saturated rings. The summed E-state index contributed by atoms with van der Waals surface area (Å²) < 4.78 is 31.2. The van der Waals surface area contributed by atoms with Crippen molar-refractivity contribution in [2.24, 2.45) is 5.92 Å². The zero-order valence-electron chi connectivity index (χ0n) is 13.8. The number of nitrogens with zero attached hydrogens (tertiary/aromatic N) is 1. The van der Waals surface area contributed by atoms with Gasteiger partial charge in [-0.25, -0.2) is 8.42 Å². The Balaban J connectivity index is 2.21. The first kappa shape index (κ1) is 17.7. The Labute approximate surface area is 137 Å². The second-order valence-corrected chi connectivity index (χ2v) is 7.95. The maximum absolute atomic E-state index is 12.2. The topological polar surface area (TPSA) is 75.7 Å². The molecule has 1 aliphatic rings. The van der Waals surface area contributed by atoms with Crippen molar-refractivity contribution in [3.63, 3.8) is 0 Å². The number of rotatable bonds is 5. The lowest BCUT2D eigenvalue weighted by atomic mass is 10.1. The highest BCUT2D eigenvalue weighted by atomic mass is 32.2. The molecule has 128 valence electrons. The fourth-order valence-electron chi connectivity index (χ4n) is 2.57. The van der Waals surface area contributed by atoms with E-state index in [1.54, 1.807) is 24.3 Å². The lowest BCUT2D eigenvalue weighted by Gasteiger charge is -2.34. The van der Waals surface area contributed by atoms with Gasteiger partial charge >= 0.3 is 0 Å². The molecule has 1 aromatic carbocycles. The summed E-state index contributed by atoms with van der Waals surface area (Å²) >= 11 is 0. The van der Waals surface area contributed by atoms with Crippen LogP contribution in [0.5, 0.6) is 0 Å². The minimum atomic E-state index is -3.38. The summed E-state index contributed by atoms with van der Waals surface area (Å²) in [5.74, 6) is -0.174. The molecule has 0 spiro atoms. The van der Waals surface area contributed by atoms with Crippen LogP contribution < -0.4 is 9.62 Å². The molecule has 7 heteroatoms. The number of carbonyl (C=O) groups excluding carboxylic acids is 1. The van der Waals surface area contributed by atoms with Crippen molar-refractivity contribution in [3.8, 4) is 0 Å². The van der Waals surface area contributed by atoms with E-state index in [0.717, 1.165) is 0 Å². The van der Waals surface area contributed by atoms with Gasteiger partial charge in [0.2, 0.25) is 15.9 Å². The van der Waals surface area contributed by atoms with Gasteiger partial charge in [0.25, 0.3) is 0 Å². The third-order valence-corrected chi connectivity index (χ3v) is 5.02. The van der Waals surface area contributed by atoms with Gasteiger partial charge in [0.05, 0.1) is 11.9 Å². The number of hydrogen-bond donors (Lipinski definition) is 1. The van der Waals surface area contributed by atoms with Gasteiger partial charge in [0.1, 0.15) is 0 Å². The Kier molecular flexibility index (Phi) is 5.64. The molecule has 2 rings (SSSR count). The van der Waals surface area contributed by atoms with Crippen molar-refractivity contribution in [1.29, 1.82) is 0 Å². The van der Waals surface area contributed by atoms with E-state index in [-0.39, 0.29) is 17.9 Å². The molecular formula is C16H24N2O4S. The van der Waals surface area contributed by atoms with Crippen LogP contribution in [-0.2, 0) is 19.6 Å². The van der Waals surface area contributed by atoms with Crippen molar-refractivity contribution >= 4 is 27.3 Å². The smallest absolute Gasteiger partial charge is 0.232 e. The molecule has 0 aromatic heterocycles. The van der Waals surface area contributed by atoms with E-state index in [2.05, 4.69) is 5.32 Å². The van der Waals surface area contributed by atoms with Gasteiger partial charge < -0.3 is 10.1 Å². The lowest BCUT2D eigenvalue weighted by molar-refractivity contribution is -0.118. The maximum atomic E-state index is 12.2. The minimum Gasteiger partial charge on any atom is -0.381 e. The monoisotopic (exact) mass is 340 g/mol. The molecule has 1 aliphatic heterocycles. The number of hydrogen-bond acceptors (Lipinski definition) is 4. The maximum Gasteiger partial charge on any atom is 0.232 e. The summed E-state index contributed by atoms with van der Waals surface area (Å²) in [6.07, 6.45) is 2.58. The van der Waals surface area contributed by atoms with Gasteiger partial charge in [-0.3, -0.25) is 9.10 Å². The van der Waals surface area contributed by atoms with E-state index in [1.807, 2.05) is 13.8 Å². The average Bonchev–Trinajstić information content (AvgIpc) is 2.49. The average molecular weight is 340 g/mol. The molecule has 0 unspecified atom stereocenters. The molecule has 0 atom stereocenters. The van der Waals surface area contributed by atoms with E-state index in [9.17, 15) is 13.2 Å². The van der Waals surface area contributed by atoms with Crippen LogP contribution in [0.1, 0.15) is 26.7 Å². The molecule has 1 aromatic rings. The zero-order valence-corrected chi connectivity index (χ0v) is 14.6. The first-order valence-corrected chi connectivity index (χ1v) is 9.62. The van der Waals surface area contributed by atoms with E-state index < -0.39 is 10.0 Å². The largest absolute Gasteiger partial charge is 0.381 e. The number of nitrogens with one attached hydrogen (secondary N) is 1. The fraction of sp³-hybridized carbons (Fsp3) is 0.562. The van der Waals surface area contributed by atoms with Crippen LogP contribution in [0, 0.1) is 5.92 Å². The standard InChI is InChI=1S/C16H24N2O4S/c1-12(2)16(19)17-13-4-6-14(7-5-13)18(23(3,20)21)15-8-10-22-11-9-15/h4-7,12,15H,8-11H2,1-3H3,(H,17,19). The minimum absolute atomic E-state index is 0.0675. The zero-order chi connectivity index (χ0) is 17.0. The van der Waals surface area contributed by atoms with Gasteiger partial charge in [-0.05, 0) is 37.1 Å². The second-order valence-electron chi connectivity index (χ2n) is 6.09. The predicted molar refractivity (Wildman–Crippen MR) is 91.1 cm³/mol. The van der Waals surface area contributed by atoms with Crippen LogP contribution in [0.3, 0.4) is 0 Å². The van der Waals surface area contributed by atoms with Crippen LogP contribution in [-0.4, -0.2) is 39.8 Å². The Hall–Kier alpha value is -1.60. The van der Waals surface area contributed by atoms with Gasteiger partial charge in [-0.2, -0.15) is 0 Å². The highest BCUT2D eigenvalue weighted by Crippen LogP contribution is 2.27. The Morgan fingerprint density at radius 3 is 2.26 bits per heavy atom. The lowest BCUT2D eigenvalue weighted by Crippen LogP contribution is -2.43. The molecule has 6 nitrogen and oxygen atoms in total. The highest BCUT2D eigenvalue weighted by molar-refractivity contribution is 7.92. The van der Waals surface area contributed by atoms with E-state index in [0.29, 0.717) is 37.4 Å². The van der Waals surface area contributed by atoms with Crippen LogP contribution in [0.15, 0.2) is 24.3 Å². The predicted octanol–water partition coefficient (Wildman–Crippen LogP) is 2.23. The van der Waals surface area contributed by atoms with Crippen LogP contribution in [0.2, 0.25) is 0 Å². The Morgan fingerprint density at radius 2 is 1.78 bits per heavy atom. The van der Waals surface area contributed by atoms with E-state index >= 15 is 0 Å². The first-order valence-electron chi connectivity index (χ1n) is 7.77. The molecule has 0 bridgehead atoms. The van der Waals surface area contributed by atoms with Crippen molar-refractivity contribution < 1.29 is 17.9 Å². The van der Waals surface area contributed by atoms with Gasteiger partial charge in [0.15, 0.2) is 0 Å². The van der Waals surface area contributed by atoms with Crippen molar-refractivity contribution in [2.75, 3.05) is 29.1 Å². The SMILES string of the molecule is CC(C)C(=O)Nc1ccc(N(C2CCOCC2)S(C)(=O)=O)cc1. The molecule has 23 heavy (non-hydrogen) atoms. The van der Waals surface area contributed by atoms with Crippen molar-refractivity contribution in [1.82, 2.24) is 0 Å². The van der Waals surface area contributed by atoms with Gasteiger partial charge in [-0.15, -0.1) is 0 Å². The third kappa shape index (κ3) is 4.68. The van der Waals surface area contributed by atoms with Crippen LogP contribution in [0.4, 0.5) is 11.4 Å². The molecule has 1 saturated heterocycles. The molecular weight excluding hydrogens is 316 g/mol. The fourth-order valence-corrected chi connectivity index (χ4v) is 3.83.